The molecule has 0 saturated carbocycles. The maximum absolute atomic E-state index is 11.7. The zero-order valence-electron chi connectivity index (χ0n) is 10.1. The summed E-state index contributed by atoms with van der Waals surface area (Å²) in [6.45, 7) is 2.01. The van der Waals surface area contributed by atoms with Crippen LogP contribution >= 0.6 is 0 Å². The molecule has 0 unspecified atom stereocenters. The third kappa shape index (κ3) is 3.12. The topological polar surface area (TPSA) is 110 Å². The highest BCUT2D eigenvalue weighted by molar-refractivity contribution is 6.02. The van der Waals surface area contributed by atoms with Gasteiger partial charge < -0.3 is 10.1 Å². The molecule has 1 aromatic heterocycles. The normalized spacial score (nSPS) is 9.95. The van der Waals surface area contributed by atoms with Crippen molar-refractivity contribution in [3.63, 3.8) is 0 Å². The summed E-state index contributed by atoms with van der Waals surface area (Å²) in [6.07, 6.45) is 0. The number of H-pyrrole nitrogens is 1. The van der Waals surface area contributed by atoms with E-state index in [1.807, 2.05) is 0 Å². The lowest BCUT2D eigenvalue weighted by Gasteiger charge is -2.05. The van der Waals surface area contributed by atoms with Gasteiger partial charge in [-0.3, -0.25) is 4.79 Å². The zero-order chi connectivity index (χ0) is 13.7. The summed E-state index contributed by atoms with van der Waals surface area (Å²) in [4.78, 5) is 23.2. The Labute approximate surface area is 108 Å². The van der Waals surface area contributed by atoms with E-state index in [1.54, 1.807) is 25.1 Å². The van der Waals surface area contributed by atoms with Gasteiger partial charge in [-0.25, -0.2) is 4.79 Å². The van der Waals surface area contributed by atoms with Crippen LogP contribution in [0.5, 0.6) is 0 Å². The highest BCUT2D eigenvalue weighted by Crippen LogP contribution is 2.12. The molecule has 0 atom stereocenters. The molecule has 2 N–H and O–H groups in total. The minimum absolute atomic E-state index is 0.0819. The molecule has 1 heterocycles. The second-order valence-electron chi connectivity index (χ2n) is 3.49. The lowest BCUT2D eigenvalue weighted by atomic mass is 10.2. The number of esters is 1. The van der Waals surface area contributed by atoms with Crippen molar-refractivity contribution < 1.29 is 14.3 Å². The highest BCUT2D eigenvalue weighted by atomic mass is 16.5. The Hall–Kier alpha value is -2.77. The lowest BCUT2D eigenvalue weighted by molar-refractivity contribution is 0.0526. The second-order valence-corrected chi connectivity index (χ2v) is 3.49. The van der Waals surface area contributed by atoms with Crippen molar-refractivity contribution in [2.24, 2.45) is 0 Å². The molecule has 0 aliphatic heterocycles. The van der Waals surface area contributed by atoms with E-state index in [2.05, 4.69) is 25.9 Å². The van der Waals surface area contributed by atoms with E-state index in [0.29, 0.717) is 11.3 Å². The number of aromatic amines is 1. The molecule has 2 rings (SSSR count). The summed E-state index contributed by atoms with van der Waals surface area (Å²) in [5.41, 5.74) is 0.799. The van der Waals surface area contributed by atoms with Gasteiger partial charge in [-0.2, -0.15) is 5.21 Å². The van der Waals surface area contributed by atoms with Gasteiger partial charge in [0, 0.05) is 5.69 Å². The third-order valence-electron chi connectivity index (χ3n) is 2.18. The first kappa shape index (κ1) is 12.7. The van der Waals surface area contributed by atoms with E-state index >= 15 is 0 Å². The predicted molar refractivity (Wildman–Crippen MR) is 64.5 cm³/mol. The first-order valence-electron chi connectivity index (χ1n) is 5.52. The minimum atomic E-state index is -0.519. The number of carbonyl (C=O) groups excluding carboxylic acids is 2. The number of rotatable bonds is 4. The number of amides is 1. The number of tetrazole rings is 1. The van der Waals surface area contributed by atoms with Crippen LogP contribution in [0.1, 0.15) is 27.9 Å². The lowest BCUT2D eigenvalue weighted by Crippen LogP contribution is -2.14. The Morgan fingerprint density at radius 2 is 2.26 bits per heavy atom. The van der Waals surface area contributed by atoms with E-state index in [1.165, 1.54) is 6.07 Å². The van der Waals surface area contributed by atoms with Crippen molar-refractivity contribution in [1.82, 2.24) is 20.6 Å². The van der Waals surface area contributed by atoms with Gasteiger partial charge in [0.25, 0.3) is 11.7 Å². The quantitative estimate of drug-likeness (QED) is 0.781. The summed E-state index contributed by atoms with van der Waals surface area (Å²) in [7, 11) is 0. The molecule has 0 aliphatic rings. The van der Waals surface area contributed by atoms with Gasteiger partial charge in [0.05, 0.1) is 12.2 Å². The Balaban J connectivity index is 2.11. The van der Waals surface area contributed by atoms with Gasteiger partial charge in [-0.15, -0.1) is 10.2 Å². The van der Waals surface area contributed by atoms with Crippen LogP contribution in [0.2, 0.25) is 0 Å². The summed E-state index contributed by atoms with van der Waals surface area (Å²) in [5.74, 6) is -1.05. The van der Waals surface area contributed by atoms with Crippen molar-refractivity contribution in [2.45, 2.75) is 6.92 Å². The number of hydrogen-bond acceptors (Lipinski definition) is 6. The standard InChI is InChI=1S/C11H11N5O3/c1-2-19-11(18)7-4-3-5-8(6-7)12-10(17)9-13-15-16-14-9/h3-6H,2H2,1H3,(H,12,17)(H,13,14,15,16). The zero-order valence-corrected chi connectivity index (χ0v) is 10.1. The molecular weight excluding hydrogens is 250 g/mol. The second kappa shape index (κ2) is 5.71. The number of ether oxygens (including phenoxy) is 1. The summed E-state index contributed by atoms with van der Waals surface area (Å²) >= 11 is 0. The van der Waals surface area contributed by atoms with Crippen molar-refractivity contribution in [3.8, 4) is 0 Å². The average Bonchev–Trinajstić information content (AvgIpc) is 2.93. The number of aromatic nitrogens is 4. The van der Waals surface area contributed by atoms with Crippen LogP contribution in [0.4, 0.5) is 5.69 Å². The Morgan fingerprint density at radius 3 is 2.95 bits per heavy atom. The molecule has 0 bridgehead atoms. The molecule has 1 amide bonds. The van der Waals surface area contributed by atoms with Crippen molar-refractivity contribution >= 4 is 17.6 Å². The van der Waals surface area contributed by atoms with Gasteiger partial charge >= 0.3 is 5.97 Å². The largest absolute Gasteiger partial charge is 0.462 e. The van der Waals surface area contributed by atoms with Crippen LogP contribution < -0.4 is 5.32 Å². The van der Waals surface area contributed by atoms with E-state index in [-0.39, 0.29) is 12.4 Å². The van der Waals surface area contributed by atoms with Gasteiger partial charge in [0.15, 0.2) is 0 Å². The van der Waals surface area contributed by atoms with Gasteiger partial charge in [0.1, 0.15) is 0 Å². The number of hydrogen-bond donors (Lipinski definition) is 2. The highest BCUT2D eigenvalue weighted by Gasteiger charge is 2.12. The first-order chi connectivity index (χ1) is 9.20. The Bertz CT molecular complexity index is 582. The first-order valence-corrected chi connectivity index (χ1v) is 5.52. The smallest absolute Gasteiger partial charge is 0.338 e. The SMILES string of the molecule is CCOC(=O)c1cccc(NC(=O)c2nn[nH]n2)c1. The minimum Gasteiger partial charge on any atom is -0.462 e. The number of nitrogens with one attached hydrogen (secondary N) is 2. The molecule has 98 valence electrons. The van der Waals surface area contributed by atoms with Crippen LogP contribution in [0, 0.1) is 0 Å². The van der Waals surface area contributed by atoms with Crippen LogP contribution in [0.3, 0.4) is 0 Å². The number of anilines is 1. The Morgan fingerprint density at radius 1 is 1.42 bits per heavy atom. The molecule has 1 aromatic carbocycles. The molecule has 2 aromatic rings. The maximum atomic E-state index is 11.7. The fraction of sp³-hybridized carbons (Fsp3) is 0.182. The fourth-order valence-electron chi connectivity index (χ4n) is 1.38. The van der Waals surface area contributed by atoms with Crippen LogP contribution in [0.15, 0.2) is 24.3 Å². The molecular formula is C11H11N5O3. The summed E-state index contributed by atoms with van der Waals surface area (Å²) in [5, 5.41) is 15.1. The van der Waals surface area contributed by atoms with Crippen LogP contribution in [-0.2, 0) is 4.74 Å². The number of carbonyl (C=O) groups is 2. The summed E-state index contributed by atoms with van der Waals surface area (Å²) < 4.78 is 4.87. The summed E-state index contributed by atoms with van der Waals surface area (Å²) in [6, 6.07) is 6.39. The maximum Gasteiger partial charge on any atom is 0.338 e. The molecule has 0 saturated heterocycles. The van der Waals surface area contributed by atoms with Crippen molar-refractivity contribution in [3.05, 3.63) is 35.7 Å². The average molecular weight is 261 g/mol. The van der Waals surface area contributed by atoms with Gasteiger partial charge in [-0.1, -0.05) is 6.07 Å². The predicted octanol–water partition coefficient (Wildman–Crippen LogP) is 0.629. The van der Waals surface area contributed by atoms with Crippen LogP contribution in [0.25, 0.3) is 0 Å². The molecule has 0 radical (unpaired) electrons. The molecule has 0 fully saturated rings. The van der Waals surface area contributed by atoms with E-state index in [0.717, 1.165) is 0 Å². The van der Waals surface area contributed by atoms with E-state index in [9.17, 15) is 9.59 Å². The molecule has 8 nitrogen and oxygen atoms in total. The molecule has 8 heteroatoms. The number of nitrogens with zero attached hydrogens (tertiary/aromatic N) is 3. The third-order valence-corrected chi connectivity index (χ3v) is 2.18. The molecule has 0 spiro atoms. The van der Waals surface area contributed by atoms with E-state index in [4.69, 9.17) is 4.74 Å². The van der Waals surface area contributed by atoms with Crippen molar-refractivity contribution in [1.29, 1.82) is 0 Å². The Kier molecular flexibility index (Phi) is 3.81. The fourth-order valence-corrected chi connectivity index (χ4v) is 1.38. The molecule has 0 aliphatic carbocycles. The van der Waals surface area contributed by atoms with Crippen LogP contribution in [-0.4, -0.2) is 39.1 Å². The van der Waals surface area contributed by atoms with Gasteiger partial charge in [0.2, 0.25) is 0 Å². The van der Waals surface area contributed by atoms with Crippen molar-refractivity contribution in [2.75, 3.05) is 11.9 Å². The molecule has 19 heavy (non-hydrogen) atoms. The monoisotopic (exact) mass is 261 g/mol. The number of benzene rings is 1. The van der Waals surface area contributed by atoms with Gasteiger partial charge in [-0.05, 0) is 30.3 Å². The van der Waals surface area contributed by atoms with E-state index < -0.39 is 11.9 Å².